The minimum atomic E-state index is -0.226. The van der Waals surface area contributed by atoms with Crippen molar-refractivity contribution in [2.24, 2.45) is 0 Å². The smallest absolute Gasteiger partial charge is 0.242 e. The molecule has 1 aliphatic heterocycles. The SMILES string of the molecule is Cc1cncc(CN2CCNC(=O)C2c2ccccc2C)c1. The highest BCUT2D eigenvalue weighted by molar-refractivity contribution is 5.84. The summed E-state index contributed by atoms with van der Waals surface area (Å²) in [5.41, 5.74) is 4.52. The highest BCUT2D eigenvalue weighted by Gasteiger charge is 2.31. The van der Waals surface area contributed by atoms with Gasteiger partial charge in [-0.25, -0.2) is 0 Å². The van der Waals surface area contributed by atoms with Crippen LogP contribution in [0.3, 0.4) is 0 Å². The molecule has 1 saturated heterocycles. The Balaban J connectivity index is 1.90. The third-order valence-electron chi connectivity index (χ3n) is 4.11. The van der Waals surface area contributed by atoms with Crippen molar-refractivity contribution in [1.29, 1.82) is 0 Å². The highest BCUT2D eigenvalue weighted by Crippen LogP contribution is 2.27. The topological polar surface area (TPSA) is 45.2 Å². The van der Waals surface area contributed by atoms with E-state index < -0.39 is 0 Å². The lowest BCUT2D eigenvalue weighted by Gasteiger charge is -2.36. The molecule has 1 aromatic heterocycles. The molecule has 0 aliphatic carbocycles. The van der Waals surface area contributed by atoms with Crippen molar-refractivity contribution in [3.63, 3.8) is 0 Å². The lowest BCUT2D eigenvalue weighted by Crippen LogP contribution is -2.49. The van der Waals surface area contributed by atoms with Crippen LogP contribution in [0.1, 0.15) is 28.3 Å². The summed E-state index contributed by atoms with van der Waals surface area (Å²) in [6, 6.07) is 10.0. The summed E-state index contributed by atoms with van der Waals surface area (Å²) in [5, 5.41) is 2.99. The van der Waals surface area contributed by atoms with Crippen molar-refractivity contribution in [3.8, 4) is 0 Å². The molecule has 0 radical (unpaired) electrons. The summed E-state index contributed by atoms with van der Waals surface area (Å²) in [4.78, 5) is 18.9. The number of hydrogen-bond donors (Lipinski definition) is 1. The van der Waals surface area contributed by atoms with E-state index in [1.165, 1.54) is 0 Å². The first-order chi connectivity index (χ1) is 10.6. The molecule has 4 nitrogen and oxygen atoms in total. The molecule has 1 aromatic carbocycles. The van der Waals surface area contributed by atoms with Crippen LogP contribution in [0.15, 0.2) is 42.7 Å². The maximum absolute atomic E-state index is 12.4. The number of aromatic nitrogens is 1. The lowest BCUT2D eigenvalue weighted by molar-refractivity contribution is -0.129. The number of nitrogens with zero attached hydrogens (tertiary/aromatic N) is 2. The predicted octanol–water partition coefficient (Wildman–Crippen LogP) is 2.37. The predicted molar refractivity (Wildman–Crippen MR) is 86.3 cm³/mol. The number of piperazine rings is 1. The van der Waals surface area contributed by atoms with Gasteiger partial charge in [-0.2, -0.15) is 0 Å². The number of hydrogen-bond acceptors (Lipinski definition) is 3. The molecule has 1 atom stereocenters. The first kappa shape index (κ1) is 14.7. The summed E-state index contributed by atoms with van der Waals surface area (Å²) in [6.07, 6.45) is 3.74. The largest absolute Gasteiger partial charge is 0.353 e. The van der Waals surface area contributed by atoms with Crippen LogP contribution >= 0.6 is 0 Å². The highest BCUT2D eigenvalue weighted by atomic mass is 16.2. The van der Waals surface area contributed by atoms with Gasteiger partial charge in [-0.15, -0.1) is 0 Å². The van der Waals surface area contributed by atoms with Crippen molar-refractivity contribution in [1.82, 2.24) is 15.2 Å². The molecule has 22 heavy (non-hydrogen) atoms. The van der Waals surface area contributed by atoms with Crippen molar-refractivity contribution in [2.45, 2.75) is 26.4 Å². The van der Waals surface area contributed by atoms with E-state index in [0.717, 1.165) is 35.3 Å². The van der Waals surface area contributed by atoms with Gasteiger partial charge in [0.25, 0.3) is 0 Å². The summed E-state index contributed by atoms with van der Waals surface area (Å²) >= 11 is 0. The molecule has 0 saturated carbocycles. The normalized spacial score (nSPS) is 19.0. The zero-order valence-electron chi connectivity index (χ0n) is 13.0. The average molecular weight is 295 g/mol. The molecule has 1 unspecified atom stereocenters. The zero-order valence-corrected chi connectivity index (χ0v) is 13.0. The summed E-state index contributed by atoms with van der Waals surface area (Å²) in [7, 11) is 0. The van der Waals surface area contributed by atoms with Crippen molar-refractivity contribution < 1.29 is 4.79 Å². The van der Waals surface area contributed by atoms with Crippen molar-refractivity contribution in [2.75, 3.05) is 13.1 Å². The fourth-order valence-corrected chi connectivity index (χ4v) is 3.05. The molecule has 3 rings (SSSR count). The van der Waals surface area contributed by atoms with Crippen LogP contribution in [0.25, 0.3) is 0 Å². The Morgan fingerprint density at radius 3 is 2.86 bits per heavy atom. The standard InChI is InChI=1S/C18H21N3O/c1-13-9-15(11-19-10-13)12-21-8-7-20-18(22)17(21)16-6-4-3-5-14(16)2/h3-6,9-11,17H,7-8,12H2,1-2H3,(H,20,22). The fraction of sp³-hybridized carbons (Fsp3) is 0.333. The van der Waals surface area contributed by atoms with Gasteiger partial charge in [-0.3, -0.25) is 14.7 Å². The number of benzene rings is 1. The molecule has 0 bridgehead atoms. The average Bonchev–Trinajstić information content (AvgIpc) is 2.49. The lowest BCUT2D eigenvalue weighted by atomic mass is 9.97. The molecular formula is C18H21N3O. The third-order valence-corrected chi connectivity index (χ3v) is 4.11. The number of carbonyl (C=O) groups excluding carboxylic acids is 1. The van der Waals surface area contributed by atoms with Crippen LogP contribution in [-0.2, 0) is 11.3 Å². The molecule has 1 aliphatic rings. The molecule has 2 heterocycles. The van der Waals surface area contributed by atoms with E-state index in [2.05, 4.69) is 34.3 Å². The van der Waals surface area contributed by atoms with Crippen LogP contribution in [-0.4, -0.2) is 28.9 Å². The Morgan fingerprint density at radius 2 is 2.09 bits per heavy atom. The van der Waals surface area contributed by atoms with E-state index in [0.29, 0.717) is 6.54 Å². The summed E-state index contributed by atoms with van der Waals surface area (Å²) in [6.45, 7) is 6.38. The second-order valence-electron chi connectivity index (χ2n) is 5.89. The zero-order chi connectivity index (χ0) is 15.5. The van der Waals surface area contributed by atoms with Gasteiger partial charge in [0.1, 0.15) is 6.04 Å². The molecule has 0 spiro atoms. The first-order valence-electron chi connectivity index (χ1n) is 7.63. The monoisotopic (exact) mass is 295 g/mol. The van der Waals surface area contributed by atoms with Gasteiger partial charge >= 0.3 is 0 Å². The van der Waals surface area contributed by atoms with E-state index in [1.807, 2.05) is 37.5 Å². The molecule has 1 N–H and O–H groups in total. The van der Waals surface area contributed by atoms with Gasteiger partial charge in [0.2, 0.25) is 5.91 Å². The molecule has 114 valence electrons. The number of amides is 1. The third kappa shape index (κ3) is 3.02. The second kappa shape index (κ2) is 6.28. The van der Waals surface area contributed by atoms with Gasteiger partial charge in [-0.1, -0.05) is 30.3 Å². The van der Waals surface area contributed by atoms with E-state index in [1.54, 1.807) is 0 Å². The van der Waals surface area contributed by atoms with Crippen LogP contribution in [0.2, 0.25) is 0 Å². The summed E-state index contributed by atoms with van der Waals surface area (Å²) in [5.74, 6) is 0.0844. The van der Waals surface area contributed by atoms with Gasteiger partial charge in [0.15, 0.2) is 0 Å². The van der Waals surface area contributed by atoms with Gasteiger partial charge in [-0.05, 0) is 36.1 Å². The van der Waals surface area contributed by atoms with Gasteiger partial charge < -0.3 is 5.32 Å². The van der Waals surface area contributed by atoms with E-state index >= 15 is 0 Å². The minimum absolute atomic E-state index is 0.0844. The molecule has 2 aromatic rings. The Morgan fingerprint density at radius 1 is 1.27 bits per heavy atom. The Kier molecular flexibility index (Phi) is 4.20. The fourth-order valence-electron chi connectivity index (χ4n) is 3.05. The van der Waals surface area contributed by atoms with Crippen molar-refractivity contribution in [3.05, 3.63) is 65.0 Å². The van der Waals surface area contributed by atoms with Gasteiger partial charge in [0.05, 0.1) is 0 Å². The van der Waals surface area contributed by atoms with Crippen LogP contribution in [0.5, 0.6) is 0 Å². The molecular weight excluding hydrogens is 274 g/mol. The van der Waals surface area contributed by atoms with Crippen LogP contribution < -0.4 is 5.32 Å². The number of aryl methyl sites for hydroxylation is 2. The maximum atomic E-state index is 12.4. The first-order valence-corrected chi connectivity index (χ1v) is 7.63. The summed E-state index contributed by atoms with van der Waals surface area (Å²) < 4.78 is 0. The van der Waals surface area contributed by atoms with Crippen LogP contribution in [0.4, 0.5) is 0 Å². The minimum Gasteiger partial charge on any atom is -0.353 e. The quantitative estimate of drug-likeness (QED) is 0.945. The number of nitrogens with one attached hydrogen (secondary N) is 1. The Labute approximate surface area is 131 Å². The second-order valence-corrected chi connectivity index (χ2v) is 5.89. The Hall–Kier alpha value is -2.20. The molecule has 1 fully saturated rings. The number of pyridine rings is 1. The molecule has 1 amide bonds. The number of rotatable bonds is 3. The maximum Gasteiger partial charge on any atom is 0.242 e. The van der Waals surface area contributed by atoms with E-state index in [4.69, 9.17) is 0 Å². The van der Waals surface area contributed by atoms with Gasteiger partial charge in [0, 0.05) is 32.0 Å². The van der Waals surface area contributed by atoms with Crippen molar-refractivity contribution >= 4 is 5.91 Å². The Bertz CT molecular complexity index is 684. The van der Waals surface area contributed by atoms with Crippen LogP contribution in [0, 0.1) is 13.8 Å². The number of carbonyl (C=O) groups is 1. The van der Waals surface area contributed by atoms with E-state index in [-0.39, 0.29) is 11.9 Å². The van der Waals surface area contributed by atoms with E-state index in [9.17, 15) is 4.79 Å². The molecule has 4 heteroatoms.